The largest absolute Gasteiger partial charge is 0.250 e. The first-order valence-electron chi connectivity index (χ1n) is 6.21. The summed E-state index contributed by atoms with van der Waals surface area (Å²) in [5.41, 5.74) is 3.80. The average Bonchev–Trinajstić information content (AvgIpc) is 2.74. The van der Waals surface area contributed by atoms with Crippen LogP contribution in [0.5, 0.6) is 0 Å². The lowest BCUT2D eigenvalue weighted by molar-refractivity contribution is 0.208. The van der Waals surface area contributed by atoms with Crippen LogP contribution in [0.3, 0.4) is 0 Å². The molecule has 1 aromatic heterocycles. The van der Waals surface area contributed by atoms with Crippen LogP contribution < -0.4 is 0 Å². The summed E-state index contributed by atoms with van der Waals surface area (Å²) in [5, 5.41) is 1.18. The van der Waals surface area contributed by atoms with Gasteiger partial charge in [0.05, 0.1) is 11.2 Å². The molecule has 2 rings (SSSR count). The molecule has 90 valence electrons. The number of alkyl halides is 1. The fourth-order valence-corrected chi connectivity index (χ4v) is 4.32. The molecule has 3 heteroatoms. The third kappa shape index (κ3) is 2.86. The average molecular weight is 302 g/mol. The predicted molar refractivity (Wildman–Crippen MR) is 74.5 cm³/mol. The van der Waals surface area contributed by atoms with Gasteiger partial charge in [-0.2, -0.15) is 0 Å². The Bertz CT molecular complexity index is 328. The number of aromatic nitrogens is 1. The lowest BCUT2D eigenvalue weighted by Gasteiger charge is -2.35. The Morgan fingerprint density at radius 3 is 2.69 bits per heavy atom. The molecule has 0 spiro atoms. The van der Waals surface area contributed by atoms with E-state index in [2.05, 4.69) is 27.8 Å². The molecule has 1 aliphatic rings. The van der Waals surface area contributed by atoms with Crippen LogP contribution in [0.2, 0.25) is 0 Å². The number of hydrogen-bond donors (Lipinski definition) is 0. The van der Waals surface area contributed by atoms with E-state index in [1.165, 1.54) is 60.8 Å². The van der Waals surface area contributed by atoms with Crippen molar-refractivity contribution in [2.45, 2.75) is 51.9 Å². The molecule has 16 heavy (non-hydrogen) atoms. The van der Waals surface area contributed by atoms with Crippen molar-refractivity contribution in [2.24, 2.45) is 5.41 Å². The molecule has 0 bridgehead atoms. The van der Waals surface area contributed by atoms with Gasteiger partial charge in [-0.15, -0.1) is 11.3 Å². The summed E-state index contributed by atoms with van der Waals surface area (Å²) in [6, 6.07) is 0. The van der Waals surface area contributed by atoms with Crippen LogP contribution in [0.25, 0.3) is 0 Å². The van der Waals surface area contributed by atoms with E-state index in [1.807, 2.05) is 16.8 Å². The molecule has 1 fully saturated rings. The van der Waals surface area contributed by atoms with Gasteiger partial charge in [-0.3, -0.25) is 0 Å². The van der Waals surface area contributed by atoms with Crippen LogP contribution in [0.15, 0.2) is 5.51 Å². The fraction of sp³-hybridized carbons (Fsp3) is 0.769. The van der Waals surface area contributed by atoms with Crippen LogP contribution in [0.1, 0.15) is 49.1 Å². The maximum Gasteiger partial charge on any atom is 0.0797 e. The third-order valence-electron chi connectivity index (χ3n) is 3.92. The molecule has 0 radical (unpaired) electrons. The van der Waals surface area contributed by atoms with Gasteiger partial charge in [-0.1, -0.05) is 35.2 Å². The zero-order valence-corrected chi connectivity index (χ0v) is 12.4. The van der Waals surface area contributed by atoms with Crippen molar-refractivity contribution in [3.05, 3.63) is 16.1 Å². The van der Waals surface area contributed by atoms with Gasteiger partial charge in [0, 0.05) is 10.2 Å². The molecule has 1 saturated carbocycles. The van der Waals surface area contributed by atoms with Gasteiger partial charge < -0.3 is 0 Å². The Hall–Kier alpha value is 0.110. The van der Waals surface area contributed by atoms with Crippen LogP contribution in [0, 0.1) is 12.3 Å². The molecule has 0 N–H and O–H groups in total. The SMILES string of the molecule is Cc1ncsc1CCC1(CBr)CCCCC1. The van der Waals surface area contributed by atoms with E-state index < -0.39 is 0 Å². The summed E-state index contributed by atoms with van der Waals surface area (Å²) in [4.78, 5) is 5.83. The molecule has 0 unspecified atom stereocenters. The first-order valence-corrected chi connectivity index (χ1v) is 8.21. The van der Waals surface area contributed by atoms with Gasteiger partial charge in [-0.05, 0) is 38.0 Å². The minimum Gasteiger partial charge on any atom is -0.250 e. The first-order chi connectivity index (χ1) is 7.76. The molecular formula is C13H20BrNS. The van der Waals surface area contributed by atoms with E-state index >= 15 is 0 Å². The standard InChI is InChI=1S/C13H20BrNS/c1-11-12(16-10-15-11)5-8-13(9-14)6-3-2-4-7-13/h10H,2-9H2,1H3. The summed E-state index contributed by atoms with van der Waals surface area (Å²) < 4.78 is 0. The molecule has 0 amide bonds. The molecule has 1 aromatic rings. The molecular weight excluding hydrogens is 282 g/mol. The van der Waals surface area contributed by atoms with Gasteiger partial charge in [0.25, 0.3) is 0 Å². The van der Waals surface area contributed by atoms with E-state index in [0.29, 0.717) is 5.41 Å². The van der Waals surface area contributed by atoms with Crippen molar-refractivity contribution < 1.29 is 0 Å². The first kappa shape index (κ1) is 12.6. The second-order valence-electron chi connectivity index (χ2n) is 5.06. The van der Waals surface area contributed by atoms with E-state index in [4.69, 9.17) is 0 Å². The number of halogens is 1. The summed E-state index contributed by atoms with van der Waals surface area (Å²) in [7, 11) is 0. The second-order valence-corrected chi connectivity index (χ2v) is 6.56. The fourth-order valence-electron chi connectivity index (χ4n) is 2.70. The Balaban J connectivity index is 1.94. The number of thiazole rings is 1. The van der Waals surface area contributed by atoms with E-state index in [9.17, 15) is 0 Å². The summed E-state index contributed by atoms with van der Waals surface area (Å²) in [5.74, 6) is 0. The lowest BCUT2D eigenvalue weighted by Crippen LogP contribution is -2.26. The highest BCUT2D eigenvalue weighted by atomic mass is 79.9. The maximum atomic E-state index is 4.34. The zero-order chi connectivity index (χ0) is 11.4. The molecule has 0 saturated heterocycles. The van der Waals surface area contributed by atoms with Crippen molar-refractivity contribution in [3.63, 3.8) is 0 Å². The van der Waals surface area contributed by atoms with Gasteiger partial charge >= 0.3 is 0 Å². The molecule has 0 aliphatic heterocycles. The van der Waals surface area contributed by atoms with E-state index in [0.717, 1.165) is 0 Å². The number of hydrogen-bond acceptors (Lipinski definition) is 2. The minimum absolute atomic E-state index is 0.578. The number of nitrogens with zero attached hydrogens (tertiary/aromatic N) is 1. The topological polar surface area (TPSA) is 12.9 Å². The number of aryl methyl sites for hydroxylation is 2. The van der Waals surface area contributed by atoms with Crippen LogP contribution in [-0.2, 0) is 6.42 Å². The maximum absolute atomic E-state index is 4.34. The Morgan fingerprint density at radius 1 is 1.38 bits per heavy atom. The van der Waals surface area contributed by atoms with Crippen molar-refractivity contribution in [1.29, 1.82) is 0 Å². The minimum atomic E-state index is 0.578. The smallest absolute Gasteiger partial charge is 0.0797 e. The highest BCUT2D eigenvalue weighted by Gasteiger charge is 2.30. The molecule has 0 aromatic carbocycles. The van der Waals surface area contributed by atoms with Gasteiger partial charge in [0.15, 0.2) is 0 Å². The van der Waals surface area contributed by atoms with Crippen molar-refractivity contribution in [1.82, 2.24) is 4.98 Å². The highest BCUT2D eigenvalue weighted by molar-refractivity contribution is 9.09. The molecule has 1 heterocycles. The van der Waals surface area contributed by atoms with E-state index in [1.54, 1.807) is 0 Å². The zero-order valence-electron chi connectivity index (χ0n) is 9.97. The van der Waals surface area contributed by atoms with E-state index in [-0.39, 0.29) is 0 Å². The van der Waals surface area contributed by atoms with Crippen LogP contribution in [0.4, 0.5) is 0 Å². The quantitative estimate of drug-likeness (QED) is 0.733. The van der Waals surface area contributed by atoms with Crippen molar-refractivity contribution in [3.8, 4) is 0 Å². The summed E-state index contributed by atoms with van der Waals surface area (Å²) in [6.07, 6.45) is 9.67. The van der Waals surface area contributed by atoms with Crippen LogP contribution >= 0.6 is 27.3 Å². The highest BCUT2D eigenvalue weighted by Crippen LogP contribution is 2.41. The Morgan fingerprint density at radius 2 is 2.12 bits per heavy atom. The van der Waals surface area contributed by atoms with Gasteiger partial charge in [0.2, 0.25) is 0 Å². The van der Waals surface area contributed by atoms with Crippen molar-refractivity contribution >= 4 is 27.3 Å². The lowest BCUT2D eigenvalue weighted by atomic mass is 9.72. The predicted octanol–water partition coefficient (Wildman–Crippen LogP) is 4.73. The third-order valence-corrected chi connectivity index (χ3v) is 6.11. The number of rotatable bonds is 4. The summed E-state index contributed by atoms with van der Waals surface area (Å²) in [6.45, 7) is 2.13. The van der Waals surface area contributed by atoms with Gasteiger partial charge in [0.1, 0.15) is 0 Å². The second kappa shape index (κ2) is 5.63. The monoisotopic (exact) mass is 301 g/mol. The Labute approximate surface area is 111 Å². The molecule has 1 aliphatic carbocycles. The normalized spacial score (nSPS) is 19.9. The summed E-state index contributed by atoms with van der Waals surface area (Å²) >= 11 is 5.56. The Kier molecular flexibility index (Phi) is 4.42. The molecule has 0 atom stereocenters. The van der Waals surface area contributed by atoms with Crippen LogP contribution in [-0.4, -0.2) is 10.3 Å². The van der Waals surface area contributed by atoms with Gasteiger partial charge in [-0.25, -0.2) is 4.98 Å². The van der Waals surface area contributed by atoms with Crippen molar-refractivity contribution in [2.75, 3.05) is 5.33 Å². The molecule has 1 nitrogen and oxygen atoms in total.